The zero-order valence-corrected chi connectivity index (χ0v) is 16.5. The summed E-state index contributed by atoms with van der Waals surface area (Å²) in [6, 6.07) is 5.47. The van der Waals surface area contributed by atoms with Gasteiger partial charge in [-0.2, -0.15) is 0 Å². The summed E-state index contributed by atoms with van der Waals surface area (Å²) in [5.41, 5.74) is 1.95. The Kier molecular flexibility index (Phi) is 3.82. The van der Waals surface area contributed by atoms with Crippen LogP contribution in [-0.4, -0.2) is 52.4 Å². The minimum absolute atomic E-state index is 0.0475. The number of piperidine rings is 2. The summed E-state index contributed by atoms with van der Waals surface area (Å²) in [6.07, 6.45) is 4.48. The van der Waals surface area contributed by atoms with E-state index in [1.54, 1.807) is 23.2 Å². The maximum Gasteiger partial charge on any atom is 0.263 e. The van der Waals surface area contributed by atoms with Crippen molar-refractivity contribution >= 4 is 5.91 Å². The first kappa shape index (κ1) is 18.3. The van der Waals surface area contributed by atoms with E-state index < -0.39 is 23.7 Å². The first-order chi connectivity index (χ1) is 14.4. The molecule has 2 bridgehead atoms. The van der Waals surface area contributed by atoms with Crippen molar-refractivity contribution in [2.75, 3.05) is 26.2 Å². The minimum atomic E-state index is -2.64. The number of nitrogens with zero attached hydrogens (tertiary/aromatic N) is 3. The summed E-state index contributed by atoms with van der Waals surface area (Å²) < 4.78 is 33.8. The largest absolute Gasteiger partial charge is 0.472 e. The van der Waals surface area contributed by atoms with Gasteiger partial charge in [0, 0.05) is 56.4 Å². The molecule has 2 aromatic heterocycles. The van der Waals surface area contributed by atoms with Crippen molar-refractivity contribution in [1.29, 1.82) is 0 Å². The molecule has 0 N–H and O–H groups in total. The molecule has 4 aliphatic rings. The lowest BCUT2D eigenvalue weighted by Crippen LogP contribution is -2.48. The van der Waals surface area contributed by atoms with Crippen molar-refractivity contribution in [3.63, 3.8) is 0 Å². The van der Waals surface area contributed by atoms with Gasteiger partial charge in [0.2, 0.25) is 0 Å². The molecule has 1 saturated carbocycles. The van der Waals surface area contributed by atoms with Crippen LogP contribution in [0.2, 0.25) is 0 Å². The van der Waals surface area contributed by atoms with E-state index in [4.69, 9.17) is 4.42 Å². The molecule has 2 saturated heterocycles. The lowest BCUT2D eigenvalue weighted by molar-refractivity contribution is 0.0457. The molecule has 5 heterocycles. The molecule has 6 nitrogen and oxygen atoms in total. The van der Waals surface area contributed by atoms with E-state index in [-0.39, 0.29) is 30.1 Å². The van der Waals surface area contributed by atoms with Gasteiger partial charge in [-0.1, -0.05) is 0 Å². The summed E-state index contributed by atoms with van der Waals surface area (Å²) in [7, 11) is 0. The summed E-state index contributed by atoms with van der Waals surface area (Å²) >= 11 is 0. The predicted octanol–water partition coefficient (Wildman–Crippen LogP) is 2.40. The van der Waals surface area contributed by atoms with E-state index in [0.29, 0.717) is 12.5 Å². The Balaban J connectivity index is 1.23. The Hall–Kier alpha value is -2.48. The fraction of sp³-hybridized carbons (Fsp3) is 0.545. The molecule has 0 radical (unpaired) electrons. The van der Waals surface area contributed by atoms with Gasteiger partial charge in [-0.25, -0.2) is 8.78 Å². The number of amides is 1. The standard InChI is InChI=1S/C22H23F2N3O3/c23-22(24)17-10-26(11-18(17)22)20(28)16-1-2-19-15-5-14(8-27(19)21(16)29)7-25(9-15)6-13-3-4-30-12-13/h1-4,12,14-15,17-18H,5-11H2/t14-,15+,17?,18?/m0/s1. The quantitative estimate of drug-likeness (QED) is 0.773. The van der Waals surface area contributed by atoms with Crippen molar-refractivity contribution < 1.29 is 18.0 Å². The minimum Gasteiger partial charge on any atom is -0.472 e. The van der Waals surface area contributed by atoms with Crippen molar-refractivity contribution in [3.05, 3.63) is 57.9 Å². The van der Waals surface area contributed by atoms with Crippen LogP contribution in [0.3, 0.4) is 0 Å². The third-order valence-electron chi connectivity index (χ3n) is 7.38. The van der Waals surface area contributed by atoms with Crippen LogP contribution >= 0.6 is 0 Å². The van der Waals surface area contributed by atoms with E-state index in [9.17, 15) is 18.4 Å². The van der Waals surface area contributed by atoms with Crippen molar-refractivity contribution in [1.82, 2.24) is 14.4 Å². The number of likely N-dealkylation sites (tertiary alicyclic amines) is 2. The van der Waals surface area contributed by atoms with Crippen LogP contribution in [0.5, 0.6) is 0 Å². The van der Waals surface area contributed by atoms with E-state index in [0.717, 1.165) is 37.3 Å². The van der Waals surface area contributed by atoms with Crippen LogP contribution < -0.4 is 5.56 Å². The van der Waals surface area contributed by atoms with Gasteiger partial charge in [0.1, 0.15) is 5.56 Å². The Morgan fingerprint density at radius 1 is 1.10 bits per heavy atom. The smallest absolute Gasteiger partial charge is 0.263 e. The van der Waals surface area contributed by atoms with E-state index in [2.05, 4.69) is 4.90 Å². The number of carbonyl (C=O) groups excluding carboxylic acids is 1. The highest BCUT2D eigenvalue weighted by Gasteiger charge is 2.72. The highest BCUT2D eigenvalue weighted by Crippen LogP contribution is 2.59. The number of halogens is 2. The number of alkyl halides is 2. The third-order valence-corrected chi connectivity index (χ3v) is 7.38. The topological polar surface area (TPSA) is 58.7 Å². The average molecular weight is 415 g/mol. The van der Waals surface area contributed by atoms with Crippen LogP contribution in [0.1, 0.15) is 34.0 Å². The maximum atomic E-state index is 13.5. The van der Waals surface area contributed by atoms with Crippen LogP contribution in [0.15, 0.2) is 39.9 Å². The van der Waals surface area contributed by atoms with Gasteiger partial charge in [0.15, 0.2) is 0 Å². The molecule has 2 unspecified atom stereocenters. The van der Waals surface area contributed by atoms with Crippen LogP contribution in [0.25, 0.3) is 0 Å². The van der Waals surface area contributed by atoms with Gasteiger partial charge in [-0.15, -0.1) is 0 Å². The Morgan fingerprint density at radius 3 is 2.63 bits per heavy atom. The number of rotatable bonds is 3. The molecule has 3 fully saturated rings. The molecule has 30 heavy (non-hydrogen) atoms. The monoisotopic (exact) mass is 415 g/mol. The molecule has 3 aliphatic heterocycles. The molecule has 0 aromatic carbocycles. The van der Waals surface area contributed by atoms with Crippen LogP contribution in [-0.2, 0) is 13.1 Å². The second-order valence-electron chi connectivity index (χ2n) is 9.31. The Bertz CT molecular complexity index is 1050. The normalized spacial score (nSPS) is 31.3. The van der Waals surface area contributed by atoms with E-state index in [1.165, 1.54) is 4.90 Å². The number of fused-ring (bicyclic) bond motifs is 5. The molecule has 1 amide bonds. The molecule has 6 rings (SSSR count). The number of hydrogen-bond donors (Lipinski definition) is 0. The number of furan rings is 1. The zero-order chi connectivity index (χ0) is 20.6. The Morgan fingerprint density at radius 2 is 1.90 bits per heavy atom. The first-order valence-electron chi connectivity index (χ1n) is 10.6. The van der Waals surface area contributed by atoms with E-state index >= 15 is 0 Å². The summed E-state index contributed by atoms with van der Waals surface area (Å²) in [5.74, 6) is -3.91. The SMILES string of the molecule is O=C(c1ccc2n(c1=O)C[C@H]1C[C@@H]2CN(Cc2ccoc2)C1)N1CC2C(C1)C2(F)F. The molecular formula is C22H23F2N3O3. The number of aromatic nitrogens is 1. The van der Waals surface area contributed by atoms with Crippen molar-refractivity contribution in [2.45, 2.75) is 31.4 Å². The Labute approximate surface area is 172 Å². The van der Waals surface area contributed by atoms with Gasteiger partial charge in [-0.05, 0) is 30.5 Å². The summed E-state index contributed by atoms with van der Waals surface area (Å²) in [4.78, 5) is 29.8. The van der Waals surface area contributed by atoms with Crippen LogP contribution in [0, 0.1) is 17.8 Å². The maximum absolute atomic E-state index is 13.5. The summed E-state index contributed by atoms with van der Waals surface area (Å²) in [5, 5.41) is 0. The predicted molar refractivity (Wildman–Crippen MR) is 103 cm³/mol. The first-order valence-corrected chi connectivity index (χ1v) is 10.6. The molecule has 8 heteroatoms. The lowest BCUT2D eigenvalue weighted by Gasteiger charge is -2.42. The number of hydrogen-bond acceptors (Lipinski definition) is 4. The third kappa shape index (κ3) is 2.69. The van der Waals surface area contributed by atoms with Gasteiger partial charge in [0.25, 0.3) is 17.4 Å². The lowest BCUT2D eigenvalue weighted by atomic mass is 9.83. The molecule has 1 aliphatic carbocycles. The molecule has 2 aromatic rings. The van der Waals surface area contributed by atoms with Gasteiger partial charge in [-0.3, -0.25) is 14.5 Å². The molecule has 0 spiro atoms. The van der Waals surface area contributed by atoms with Crippen LogP contribution in [0.4, 0.5) is 8.78 Å². The number of pyridine rings is 1. The molecule has 158 valence electrons. The summed E-state index contributed by atoms with van der Waals surface area (Å²) in [6.45, 7) is 3.27. The van der Waals surface area contributed by atoms with Gasteiger partial charge in [0.05, 0.1) is 24.4 Å². The highest BCUT2D eigenvalue weighted by molar-refractivity contribution is 5.94. The number of carbonyl (C=O) groups is 1. The fourth-order valence-electron chi connectivity index (χ4n) is 5.82. The molecular weight excluding hydrogens is 392 g/mol. The van der Waals surface area contributed by atoms with Crippen molar-refractivity contribution in [3.8, 4) is 0 Å². The second-order valence-corrected chi connectivity index (χ2v) is 9.31. The zero-order valence-electron chi connectivity index (χ0n) is 16.5. The van der Waals surface area contributed by atoms with Gasteiger partial charge < -0.3 is 13.9 Å². The second kappa shape index (κ2) is 6.26. The van der Waals surface area contributed by atoms with E-state index in [1.807, 2.05) is 12.1 Å². The highest BCUT2D eigenvalue weighted by atomic mass is 19.3. The van der Waals surface area contributed by atoms with Crippen molar-refractivity contribution in [2.24, 2.45) is 17.8 Å². The fourth-order valence-corrected chi connectivity index (χ4v) is 5.82. The van der Waals surface area contributed by atoms with Gasteiger partial charge >= 0.3 is 0 Å². The average Bonchev–Trinajstić information content (AvgIpc) is 3.19. The molecule has 4 atom stereocenters.